The molecule has 6 aromatic carbocycles. The average molecular weight is 673 g/mol. The summed E-state index contributed by atoms with van der Waals surface area (Å²) in [5, 5.41) is 2.54. The van der Waals surface area contributed by atoms with Crippen LogP contribution in [0, 0.1) is 0 Å². The lowest BCUT2D eigenvalue weighted by Crippen LogP contribution is -2.15. The summed E-state index contributed by atoms with van der Waals surface area (Å²) in [4.78, 5) is 15.1. The number of allylic oxidation sites excluding steroid dienone is 4. The van der Waals surface area contributed by atoms with Crippen molar-refractivity contribution in [2.24, 2.45) is 0 Å². The molecule has 1 aliphatic heterocycles. The van der Waals surface area contributed by atoms with Crippen LogP contribution in [-0.4, -0.2) is 14.5 Å². The number of benzene rings is 6. The van der Waals surface area contributed by atoms with Crippen LogP contribution in [0.3, 0.4) is 0 Å². The lowest BCUT2D eigenvalue weighted by molar-refractivity contribution is 0.978. The van der Waals surface area contributed by atoms with Gasteiger partial charge in [-0.15, -0.1) is 0 Å². The van der Waals surface area contributed by atoms with E-state index in [2.05, 4.69) is 167 Å². The lowest BCUT2D eigenvalue weighted by Gasteiger charge is -2.33. The topological polar surface area (TPSA) is 34.0 Å². The third-order valence-corrected chi connectivity index (χ3v) is 11.0. The van der Waals surface area contributed by atoms with Gasteiger partial charge in [0.1, 0.15) is 0 Å². The Hall–Kier alpha value is -6.17. The maximum absolute atomic E-state index is 5.08. The highest BCUT2D eigenvalue weighted by molar-refractivity contribution is 7.99. The smallest absolute Gasteiger partial charge is 0.160 e. The van der Waals surface area contributed by atoms with E-state index >= 15 is 0 Å². The molecule has 5 heteroatoms. The summed E-state index contributed by atoms with van der Waals surface area (Å²) in [5.74, 6) is 0.707. The van der Waals surface area contributed by atoms with Gasteiger partial charge in [0, 0.05) is 48.6 Å². The van der Waals surface area contributed by atoms with Crippen LogP contribution in [0.1, 0.15) is 12.8 Å². The second kappa shape index (κ2) is 12.3. The molecule has 0 saturated carbocycles. The van der Waals surface area contributed by atoms with Crippen molar-refractivity contribution in [2.75, 3.05) is 4.90 Å². The molecule has 1 aliphatic carbocycles. The molecule has 0 fully saturated rings. The molecule has 0 unspecified atom stereocenters. The largest absolute Gasteiger partial charge is 0.313 e. The van der Waals surface area contributed by atoms with Crippen LogP contribution in [0.4, 0.5) is 17.1 Å². The Labute approximate surface area is 301 Å². The van der Waals surface area contributed by atoms with E-state index in [1.54, 1.807) is 0 Å². The van der Waals surface area contributed by atoms with Crippen LogP contribution in [0.2, 0.25) is 0 Å². The van der Waals surface area contributed by atoms with Gasteiger partial charge in [0.05, 0.1) is 33.8 Å². The van der Waals surface area contributed by atoms with Crippen molar-refractivity contribution in [1.29, 1.82) is 0 Å². The summed E-state index contributed by atoms with van der Waals surface area (Å²) in [6, 6.07) is 53.8. The lowest BCUT2D eigenvalue weighted by atomic mass is 10.1. The third kappa shape index (κ3) is 5.17. The number of rotatable bonds is 5. The van der Waals surface area contributed by atoms with Gasteiger partial charge in [0.25, 0.3) is 0 Å². The minimum Gasteiger partial charge on any atom is -0.313 e. The summed E-state index contributed by atoms with van der Waals surface area (Å²) < 4.78 is 2.47. The highest BCUT2D eigenvalue weighted by Gasteiger charge is 2.27. The fourth-order valence-corrected chi connectivity index (χ4v) is 8.50. The molecule has 0 saturated heterocycles. The predicted octanol–water partition coefficient (Wildman–Crippen LogP) is 12.7. The molecule has 242 valence electrons. The first-order chi connectivity index (χ1) is 25.3. The van der Waals surface area contributed by atoms with E-state index in [1.807, 2.05) is 23.9 Å². The highest BCUT2D eigenvalue weighted by atomic mass is 32.2. The molecule has 0 radical (unpaired) electrons. The molecule has 3 heterocycles. The van der Waals surface area contributed by atoms with Crippen LogP contribution >= 0.6 is 11.8 Å². The first kappa shape index (κ1) is 29.7. The van der Waals surface area contributed by atoms with Crippen molar-refractivity contribution >= 4 is 56.3 Å². The number of aromatic nitrogens is 3. The Morgan fingerprint density at radius 1 is 0.529 bits per heavy atom. The fourth-order valence-electron chi connectivity index (χ4n) is 7.43. The third-order valence-electron chi connectivity index (χ3n) is 9.85. The van der Waals surface area contributed by atoms with Crippen molar-refractivity contribution in [3.8, 4) is 33.9 Å². The fraction of sp³-hybridized carbons (Fsp3) is 0.0435. The van der Waals surface area contributed by atoms with E-state index in [9.17, 15) is 0 Å². The van der Waals surface area contributed by atoms with Crippen LogP contribution in [0.5, 0.6) is 0 Å². The van der Waals surface area contributed by atoms with Crippen molar-refractivity contribution in [2.45, 2.75) is 22.6 Å². The molecule has 51 heavy (non-hydrogen) atoms. The zero-order chi connectivity index (χ0) is 33.7. The molecule has 0 atom stereocenters. The number of fused-ring (bicyclic) bond motifs is 5. The van der Waals surface area contributed by atoms with Gasteiger partial charge in [-0.25, -0.2) is 9.97 Å². The van der Waals surface area contributed by atoms with Crippen LogP contribution in [0.15, 0.2) is 180 Å². The summed E-state index contributed by atoms with van der Waals surface area (Å²) >= 11 is 1.85. The van der Waals surface area contributed by atoms with Gasteiger partial charge in [-0.1, -0.05) is 115 Å². The molecule has 0 amide bonds. The molecule has 2 aliphatic rings. The Kier molecular flexibility index (Phi) is 7.17. The zero-order valence-corrected chi connectivity index (χ0v) is 28.6. The molecule has 4 nitrogen and oxygen atoms in total. The average Bonchev–Trinajstić information content (AvgIpc) is 3.53. The maximum Gasteiger partial charge on any atom is 0.160 e. The number of hydrogen-bond donors (Lipinski definition) is 0. The monoisotopic (exact) mass is 672 g/mol. The van der Waals surface area contributed by atoms with Gasteiger partial charge in [0.15, 0.2) is 5.82 Å². The number of hydrogen-bond acceptors (Lipinski definition) is 4. The van der Waals surface area contributed by atoms with Gasteiger partial charge < -0.3 is 9.47 Å². The van der Waals surface area contributed by atoms with E-state index in [0.29, 0.717) is 5.82 Å². The number of anilines is 3. The van der Waals surface area contributed by atoms with Crippen molar-refractivity contribution in [3.05, 3.63) is 170 Å². The quantitative estimate of drug-likeness (QED) is 0.182. The Morgan fingerprint density at radius 3 is 1.94 bits per heavy atom. The van der Waals surface area contributed by atoms with Gasteiger partial charge in [0.2, 0.25) is 0 Å². The van der Waals surface area contributed by atoms with E-state index in [0.717, 1.165) is 46.6 Å². The molecule has 0 N–H and O–H groups in total. The first-order valence-electron chi connectivity index (χ1n) is 17.4. The molecular weight excluding hydrogens is 641 g/mol. The molecule has 2 aromatic heterocycles. The van der Waals surface area contributed by atoms with Crippen LogP contribution in [0.25, 0.3) is 61.4 Å². The zero-order valence-electron chi connectivity index (χ0n) is 27.8. The summed E-state index contributed by atoms with van der Waals surface area (Å²) in [6.07, 6.45) is 8.81. The minimum absolute atomic E-state index is 0.707. The first-order valence-corrected chi connectivity index (χ1v) is 18.2. The summed E-state index contributed by atoms with van der Waals surface area (Å²) in [5.41, 5.74) is 12.2. The Balaban J connectivity index is 1.11. The standard InChI is InChI=1S/C46H32N4S/c1-4-14-31(15-5-1)38-29-39(32-16-6-2-7-17-32)48-46(47-38)33-24-26-35(27-25-33)50-41-22-12-13-23-44(41)51-45-30-42-37(28-43(45)50)36-20-10-11-21-40(36)49(42)34-18-8-3-9-19-34/h1-8,10-18,20-30H,9,19H2. The van der Waals surface area contributed by atoms with Gasteiger partial charge in [-0.05, 0) is 79.6 Å². The van der Waals surface area contributed by atoms with E-state index in [1.165, 1.54) is 48.7 Å². The van der Waals surface area contributed by atoms with Gasteiger partial charge >= 0.3 is 0 Å². The molecule has 8 aromatic rings. The van der Waals surface area contributed by atoms with Gasteiger partial charge in [-0.3, -0.25) is 0 Å². The van der Waals surface area contributed by atoms with Crippen molar-refractivity contribution in [1.82, 2.24) is 14.5 Å². The maximum atomic E-state index is 5.08. The molecule has 10 rings (SSSR count). The van der Waals surface area contributed by atoms with Crippen molar-refractivity contribution in [3.63, 3.8) is 0 Å². The second-order valence-corrected chi connectivity index (χ2v) is 14.0. The van der Waals surface area contributed by atoms with Crippen LogP contribution < -0.4 is 4.90 Å². The summed E-state index contributed by atoms with van der Waals surface area (Å²) in [7, 11) is 0. The molecule has 0 spiro atoms. The van der Waals surface area contributed by atoms with Gasteiger partial charge in [-0.2, -0.15) is 0 Å². The van der Waals surface area contributed by atoms with E-state index < -0.39 is 0 Å². The van der Waals surface area contributed by atoms with E-state index in [-0.39, 0.29) is 0 Å². The SMILES string of the molecule is C1=CCCC(n2c3ccccc3c3cc4c(cc32)Sc2ccccc2N4c2ccc(-c3nc(-c4ccccc4)cc(-c4ccccc4)n3)cc2)=C1. The number of para-hydroxylation sites is 2. The number of nitrogens with zero attached hydrogens (tertiary/aromatic N) is 4. The second-order valence-electron chi connectivity index (χ2n) is 13.0. The molecule has 0 bridgehead atoms. The van der Waals surface area contributed by atoms with E-state index in [4.69, 9.17) is 9.97 Å². The predicted molar refractivity (Wildman–Crippen MR) is 213 cm³/mol. The molecular formula is C46H32N4S. The Morgan fingerprint density at radius 2 is 1.22 bits per heavy atom. The van der Waals surface area contributed by atoms with Crippen molar-refractivity contribution < 1.29 is 0 Å². The Bertz CT molecular complexity index is 2600. The summed E-state index contributed by atoms with van der Waals surface area (Å²) in [6.45, 7) is 0. The normalized spacial score (nSPS) is 13.6. The van der Waals surface area contributed by atoms with Crippen LogP contribution in [-0.2, 0) is 0 Å². The highest BCUT2D eigenvalue weighted by Crippen LogP contribution is 2.53. The minimum atomic E-state index is 0.707.